The van der Waals surface area contributed by atoms with Crippen LogP contribution < -0.4 is 21.3 Å². The minimum atomic E-state index is -1.24. The summed E-state index contributed by atoms with van der Waals surface area (Å²) in [5, 5.41) is 29.1. The normalized spacial score (nSPS) is 19.0. The zero-order valence-corrected chi connectivity index (χ0v) is 16.0. The largest absolute Gasteiger partial charge is 0.480 e. The van der Waals surface area contributed by atoms with Gasteiger partial charge in [0.2, 0.25) is 17.7 Å². The number of nitrogens with zero attached hydrogens (tertiary/aromatic N) is 1. The Labute approximate surface area is 166 Å². The van der Waals surface area contributed by atoms with Crippen LogP contribution in [0.25, 0.3) is 0 Å². The molecule has 1 aliphatic rings. The van der Waals surface area contributed by atoms with E-state index in [2.05, 4.69) is 31.2 Å². The molecule has 1 saturated heterocycles. The number of carboxylic acid groups (broad SMARTS) is 1. The molecular formula is C17H26N6O6. The maximum atomic E-state index is 12.3. The second-order valence-electron chi connectivity index (χ2n) is 6.83. The number of aliphatic hydroxyl groups excluding tert-OH is 1. The summed E-state index contributed by atoms with van der Waals surface area (Å²) in [6, 6.07) is -2.87. The summed E-state index contributed by atoms with van der Waals surface area (Å²) in [4.78, 5) is 54.3. The lowest BCUT2D eigenvalue weighted by Crippen LogP contribution is -2.57. The number of rotatable bonds is 10. The zero-order chi connectivity index (χ0) is 21.4. The molecule has 1 aliphatic heterocycles. The highest BCUT2D eigenvalue weighted by molar-refractivity contribution is 5.93. The lowest BCUT2D eigenvalue weighted by molar-refractivity contribution is -0.141. The van der Waals surface area contributed by atoms with Crippen LogP contribution in [0.1, 0.15) is 25.5 Å². The number of aliphatic hydroxyl groups is 1. The van der Waals surface area contributed by atoms with Crippen molar-refractivity contribution in [2.75, 3.05) is 13.1 Å². The number of amides is 3. The third-order valence-electron chi connectivity index (χ3n) is 4.47. The number of aromatic amines is 1. The molecule has 1 aromatic rings. The number of carboxylic acids is 1. The fourth-order valence-corrected chi connectivity index (χ4v) is 2.91. The van der Waals surface area contributed by atoms with Gasteiger partial charge in [0.15, 0.2) is 0 Å². The molecule has 2 heterocycles. The van der Waals surface area contributed by atoms with Crippen LogP contribution in [0.2, 0.25) is 0 Å². The number of carbonyl (C=O) groups is 4. The number of hydrogen-bond donors (Lipinski definition) is 7. The van der Waals surface area contributed by atoms with Gasteiger partial charge in [-0.05, 0) is 26.3 Å². The van der Waals surface area contributed by atoms with E-state index in [0.29, 0.717) is 18.7 Å². The van der Waals surface area contributed by atoms with Crippen molar-refractivity contribution < 1.29 is 29.4 Å². The Morgan fingerprint density at radius 1 is 1.31 bits per heavy atom. The lowest BCUT2D eigenvalue weighted by Gasteiger charge is -2.22. The molecule has 7 N–H and O–H groups in total. The Kier molecular flexibility index (Phi) is 8.09. The van der Waals surface area contributed by atoms with E-state index in [0.717, 1.165) is 6.42 Å². The molecule has 0 radical (unpaired) electrons. The van der Waals surface area contributed by atoms with E-state index in [4.69, 9.17) is 0 Å². The van der Waals surface area contributed by atoms with Gasteiger partial charge in [0, 0.05) is 18.3 Å². The maximum Gasteiger partial charge on any atom is 0.326 e. The molecule has 0 saturated carbocycles. The van der Waals surface area contributed by atoms with Crippen molar-refractivity contribution in [1.82, 2.24) is 31.2 Å². The second kappa shape index (κ2) is 10.5. The van der Waals surface area contributed by atoms with E-state index < -0.39 is 54.5 Å². The molecule has 12 nitrogen and oxygen atoms in total. The van der Waals surface area contributed by atoms with E-state index in [9.17, 15) is 29.4 Å². The van der Waals surface area contributed by atoms with Gasteiger partial charge in [-0.2, -0.15) is 0 Å². The van der Waals surface area contributed by atoms with Crippen molar-refractivity contribution in [2.24, 2.45) is 0 Å². The van der Waals surface area contributed by atoms with Crippen molar-refractivity contribution in [3.05, 3.63) is 18.2 Å². The first-order valence-electron chi connectivity index (χ1n) is 9.27. The second-order valence-corrected chi connectivity index (χ2v) is 6.83. The summed E-state index contributed by atoms with van der Waals surface area (Å²) in [7, 11) is 0. The maximum absolute atomic E-state index is 12.3. The molecule has 0 aliphatic carbocycles. The molecule has 12 heteroatoms. The number of H-pyrrole nitrogens is 1. The van der Waals surface area contributed by atoms with Gasteiger partial charge in [-0.3, -0.25) is 14.4 Å². The topological polar surface area (TPSA) is 186 Å². The minimum Gasteiger partial charge on any atom is -0.480 e. The summed E-state index contributed by atoms with van der Waals surface area (Å²) in [5.41, 5.74) is 0.527. The van der Waals surface area contributed by atoms with Crippen LogP contribution in [-0.2, 0) is 25.6 Å². The zero-order valence-electron chi connectivity index (χ0n) is 16.0. The number of aliphatic carboxylic acids is 1. The van der Waals surface area contributed by atoms with Gasteiger partial charge in [-0.25, -0.2) is 9.78 Å². The van der Waals surface area contributed by atoms with E-state index in [1.807, 2.05) is 0 Å². The van der Waals surface area contributed by atoms with Crippen molar-refractivity contribution in [3.8, 4) is 0 Å². The standard InChI is InChI=1S/C17H26N6O6/c1-9(24)14(23-15(26)11-3-2-4-19-11)16(27)20-7-13(25)22-12(17(28)29)5-10-6-18-8-21-10/h6,8-9,11-12,14,19,24H,2-5,7H2,1H3,(H,18,21)(H,20,27)(H,22,25)(H,23,26)(H,28,29). The number of nitrogens with one attached hydrogen (secondary N) is 5. The predicted molar refractivity (Wildman–Crippen MR) is 99.5 cm³/mol. The van der Waals surface area contributed by atoms with Crippen LogP contribution in [0, 0.1) is 0 Å². The molecule has 4 unspecified atom stereocenters. The van der Waals surface area contributed by atoms with Crippen LogP contribution in [0.15, 0.2) is 12.5 Å². The SMILES string of the molecule is CC(O)C(NC(=O)C1CCCN1)C(=O)NCC(=O)NC(Cc1cnc[nH]1)C(=O)O. The molecule has 0 spiro atoms. The average Bonchev–Trinajstić information content (AvgIpc) is 3.36. The molecule has 0 bridgehead atoms. The lowest BCUT2D eigenvalue weighted by atomic mass is 10.1. The summed E-state index contributed by atoms with van der Waals surface area (Å²) in [5.74, 6) is -3.11. The van der Waals surface area contributed by atoms with Gasteiger partial charge in [0.1, 0.15) is 12.1 Å². The molecule has 3 amide bonds. The molecule has 1 aromatic heterocycles. The minimum absolute atomic E-state index is 0.00420. The molecule has 160 valence electrons. The average molecular weight is 410 g/mol. The molecule has 1 fully saturated rings. The first-order chi connectivity index (χ1) is 13.8. The molecular weight excluding hydrogens is 384 g/mol. The first-order valence-corrected chi connectivity index (χ1v) is 9.27. The van der Waals surface area contributed by atoms with Crippen molar-refractivity contribution in [1.29, 1.82) is 0 Å². The van der Waals surface area contributed by atoms with Crippen LogP contribution in [0.5, 0.6) is 0 Å². The highest BCUT2D eigenvalue weighted by Crippen LogP contribution is 2.06. The summed E-state index contributed by atoms with van der Waals surface area (Å²) >= 11 is 0. The third-order valence-corrected chi connectivity index (χ3v) is 4.47. The van der Waals surface area contributed by atoms with Crippen LogP contribution in [0.3, 0.4) is 0 Å². The Morgan fingerprint density at radius 2 is 2.07 bits per heavy atom. The summed E-state index contributed by atoms with van der Waals surface area (Å²) in [6.07, 6.45) is 3.12. The van der Waals surface area contributed by atoms with E-state index in [-0.39, 0.29) is 6.42 Å². The van der Waals surface area contributed by atoms with Gasteiger partial charge >= 0.3 is 5.97 Å². The van der Waals surface area contributed by atoms with E-state index in [1.54, 1.807) is 0 Å². The summed E-state index contributed by atoms with van der Waals surface area (Å²) in [6.45, 7) is 1.54. The number of carbonyl (C=O) groups excluding carboxylic acids is 3. The van der Waals surface area contributed by atoms with Crippen molar-refractivity contribution in [2.45, 2.75) is 50.4 Å². The van der Waals surface area contributed by atoms with Gasteiger partial charge in [-0.15, -0.1) is 0 Å². The predicted octanol–water partition coefficient (Wildman–Crippen LogP) is -2.74. The number of hydrogen-bond acceptors (Lipinski definition) is 7. The van der Waals surface area contributed by atoms with Gasteiger partial charge in [-0.1, -0.05) is 0 Å². The fourth-order valence-electron chi connectivity index (χ4n) is 2.91. The molecule has 29 heavy (non-hydrogen) atoms. The van der Waals surface area contributed by atoms with Crippen molar-refractivity contribution >= 4 is 23.7 Å². The van der Waals surface area contributed by atoms with Gasteiger partial charge in [0.25, 0.3) is 0 Å². The van der Waals surface area contributed by atoms with Crippen molar-refractivity contribution in [3.63, 3.8) is 0 Å². The quantitative estimate of drug-likeness (QED) is 0.216. The fraction of sp³-hybridized carbons (Fsp3) is 0.588. The van der Waals surface area contributed by atoms with Crippen LogP contribution in [0.4, 0.5) is 0 Å². The third kappa shape index (κ3) is 6.84. The monoisotopic (exact) mass is 410 g/mol. The molecule has 2 rings (SSSR count). The smallest absolute Gasteiger partial charge is 0.326 e. The summed E-state index contributed by atoms with van der Waals surface area (Å²) < 4.78 is 0. The van der Waals surface area contributed by atoms with Crippen LogP contribution >= 0.6 is 0 Å². The van der Waals surface area contributed by atoms with E-state index >= 15 is 0 Å². The highest BCUT2D eigenvalue weighted by Gasteiger charge is 2.30. The van der Waals surface area contributed by atoms with Gasteiger partial charge in [0.05, 0.1) is 25.0 Å². The first kappa shape index (κ1) is 22.3. The molecule has 0 aromatic carbocycles. The Morgan fingerprint density at radius 3 is 2.62 bits per heavy atom. The van der Waals surface area contributed by atoms with Gasteiger partial charge < -0.3 is 36.5 Å². The Balaban J connectivity index is 1.84. The Bertz CT molecular complexity index is 716. The van der Waals surface area contributed by atoms with Crippen LogP contribution in [-0.4, -0.2) is 81.2 Å². The number of imidazole rings is 1. The van der Waals surface area contributed by atoms with E-state index in [1.165, 1.54) is 19.4 Å². The highest BCUT2D eigenvalue weighted by atomic mass is 16.4. The number of aromatic nitrogens is 2. The molecule has 4 atom stereocenters. The Hall–Kier alpha value is -2.99.